The van der Waals surface area contributed by atoms with E-state index in [2.05, 4.69) is 0 Å². The molecule has 0 N–H and O–H groups in total. The van der Waals surface area contributed by atoms with Gasteiger partial charge in [-0.3, -0.25) is 0 Å². The maximum atomic E-state index is 12.7. The molecule has 5 atom stereocenters. The molecule has 23 heavy (non-hydrogen) atoms. The summed E-state index contributed by atoms with van der Waals surface area (Å²) in [5.74, 6) is -1.01. The van der Waals surface area contributed by atoms with Crippen LogP contribution in [0.15, 0.2) is 0 Å². The summed E-state index contributed by atoms with van der Waals surface area (Å²) in [6.07, 6.45) is 5.18. The Labute approximate surface area is 148 Å². The van der Waals surface area contributed by atoms with E-state index < -0.39 is 36.2 Å². The molecule has 3 heterocycles. The first-order valence-corrected chi connectivity index (χ1v) is 8.68. The van der Waals surface area contributed by atoms with E-state index in [1.165, 1.54) is 0 Å². The van der Waals surface area contributed by atoms with Crippen molar-refractivity contribution in [3.63, 3.8) is 0 Å². The Kier molecular flexibility index (Phi) is 4.36. The van der Waals surface area contributed by atoms with E-state index in [9.17, 15) is 5.11 Å². The van der Waals surface area contributed by atoms with Gasteiger partial charge in [0.25, 0.3) is 0 Å². The van der Waals surface area contributed by atoms with Crippen LogP contribution in [0.25, 0.3) is 0 Å². The van der Waals surface area contributed by atoms with E-state index in [4.69, 9.17) is 23.7 Å². The second kappa shape index (κ2) is 5.96. The van der Waals surface area contributed by atoms with Crippen molar-refractivity contribution in [2.45, 2.75) is 93.6 Å². The third-order valence-corrected chi connectivity index (χ3v) is 5.86. The van der Waals surface area contributed by atoms with E-state index in [-0.39, 0.29) is 25.0 Å². The van der Waals surface area contributed by atoms with Crippen LogP contribution in [0.2, 0.25) is 0 Å². The molecule has 2 aliphatic carbocycles. The van der Waals surface area contributed by atoms with Gasteiger partial charge in [-0.15, -0.1) is 0 Å². The zero-order valence-corrected chi connectivity index (χ0v) is 13.7. The minimum absolute atomic E-state index is 0. The van der Waals surface area contributed by atoms with Crippen molar-refractivity contribution in [1.82, 2.24) is 0 Å². The summed E-state index contributed by atoms with van der Waals surface area (Å²) < 4.78 is 29.8. The molecule has 5 aliphatic rings. The molecule has 0 aromatic rings. The van der Waals surface area contributed by atoms with Crippen LogP contribution < -0.4 is 24.0 Å². The summed E-state index contributed by atoms with van der Waals surface area (Å²) in [5.41, 5.74) is 0. The molecule has 0 bridgehead atoms. The smallest absolute Gasteiger partial charge is 0.848 e. The maximum absolute atomic E-state index is 12.7. The van der Waals surface area contributed by atoms with Crippen molar-refractivity contribution in [3.05, 3.63) is 0 Å². The number of fused-ring (bicyclic) bond motifs is 1. The van der Waals surface area contributed by atoms with Crippen LogP contribution in [0.3, 0.4) is 0 Å². The zero-order valence-electron chi connectivity index (χ0n) is 13.7. The molecule has 0 aromatic carbocycles. The third-order valence-electron chi connectivity index (χ3n) is 5.86. The molecule has 6 nitrogen and oxygen atoms in total. The summed E-state index contributed by atoms with van der Waals surface area (Å²) in [5, 5.41) is 12.7. The van der Waals surface area contributed by atoms with Gasteiger partial charge in [0.05, 0.1) is 12.7 Å². The predicted octanol–water partition coefficient (Wildman–Crippen LogP) is -2.18. The fourth-order valence-corrected chi connectivity index (χ4v) is 4.72. The Balaban J connectivity index is 0.00000135. The quantitative estimate of drug-likeness (QED) is 0.512. The first kappa shape index (κ1) is 16.8. The second-order valence-electron chi connectivity index (χ2n) is 7.34. The van der Waals surface area contributed by atoms with Crippen LogP contribution in [0.5, 0.6) is 0 Å². The Bertz CT molecular complexity index is 448. The van der Waals surface area contributed by atoms with Gasteiger partial charge in [0, 0.05) is 25.7 Å². The van der Waals surface area contributed by atoms with Crippen LogP contribution in [0.1, 0.15) is 51.4 Å². The normalized spacial score (nSPS) is 46.6. The number of ether oxygens (including phenoxy) is 5. The van der Waals surface area contributed by atoms with E-state index in [1.54, 1.807) is 0 Å². The van der Waals surface area contributed by atoms with Crippen molar-refractivity contribution >= 4 is 0 Å². The van der Waals surface area contributed by atoms with Crippen molar-refractivity contribution in [2.24, 2.45) is 0 Å². The average Bonchev–Trinajstić information content (AvgIpc) is 3.29. The van der Waals surface area contributed by atoms with Gasteiger partial charge < -0.3 is 28.8 Å². The topological polar surface area (TPSA) is 69.2 Å². The molecule has 0 radical (unpaired) electrons. The van der Waals surface area contributed by atoms with Crippen LogP contribution in [-0.4, -0.2) is 48.9 Å². The molecule has 5 rings (SSSR count). The zero-order chi connectivity index (χ0) is 14.8. The summed E-state index contributed by atoms with van der Waals surface area (Å²) in [4.78, 5) is 0. The Morgan fingerprint density at radius 2 is 1.43 bits per heavy atom. The molecule has 0 aromatic heterocycles. The van der Waals surface area contributed by atoms with E-state index in [1.807, 2.05) is 0 Å². The minimum Gasteiger partial charge on any atom is -0.848 e. The molecule has 3 saturated heterocycles. The van der Waals surface area contributed by atoms with E-state index >= 15 is 0 Å². The molecule has 2 spiro atoms. The van der Waals surface area contributed by atoms with Crippen molar-refractivity contribution in [2.75, 3.05) is 6.61 Å². The summed E-state index contributed by atoms with van der Waals surface area (Å²) in [6.45, 7) is 0.438. The van der Waals surface area contributed by atoms with E-state index in [0.717, 1.165) is 51.4 Å². The van der Waals surface area contributed by atoms with Gasteiger partial charge in [-0.05, 0) is 25.7 Å². The van der Waals surface area contributed by atoms with Crippen molar-refractivity contribution in [1.29, 1.82) is 0 Å². The number of hydrogen-bond acceptors (Lipinski definition) is 6. The summed E-state index contributed by atoms with van der Waals surface area (Å²) >= 11 is 0. The molecule has 3 aliphatic heterocycles. The number of rotatable bonds is 1. The van der Waals surface area contributed by atoms with Gasteiger partial charge in [-0.25, -0.2) is 0 Å². The first-order valence-electron chi connectivity index (χ1n) is 8.68. The molecule has 7 heteroatoms. The van der Waals surface area contributed by atoms with E-state index in [0.29, 0.717) is 6.61 Å². The molecule has 2 unspecified atom stereocenters. The van der Waals surface area contributed by atoms with Crippen molar-refractivity contribution < 1.29 is 47.7 Å². The predicted molar refractivity (Wildman–Crippen MR) is 71.6 cm³/mol. The van der Waals surface area contributed by atoms with Gasteiger partial charge in [0.15, 0.2) is 17.9 Å². The second-order valence-corrected chi connectivity index (χ2v) is 7.34. The van der Waals surface area contributed by atoms with Gasteiger partial charge >= 0.3 is 18.9 Å². The average molecular weight is 318 g/mol. The van der Waals surface area contributed by atoms with Crippen LogP contribution in [0.4, 0.5) is 0 Å². The monoisotopic (exact) mass is 318 g/mol. The fraction of sp³-hybridized carbons (Fsp3) is 1.00. The van der Waals surface area contributed by atoms with Crippen LogP contribution in [0, 0.1) is 0 Å². The Morgan fingerprint density at radius 3 is 2.09 bits per heavy atom. The first-order chi connectivity index (χ1) is 10.7. The molecule has 124 valence electrons. The van der Waals surface area contributed by atoms with Crippen LogP contribution >= 0.6 is 0 Å². The van der Waals surface area contributed by atoms with Gasteiger partial charge in [0.2, 0.25) is 0 Å². The fourth-order valence-electron chi connectivity index (χ4n) is 4.72. The van der Waals surface area contributed by atoms with Crippen molar-refractivity contribution in [3.8, 4) is 0 Å². The van der Waals surface area contributed by atoms with Gasteiger partial charge in [0.1, 0.15) is 12.2 Å². The third kappa shape index (κ3) is 2.63. The maximum Gasteiger partial charge on any atom is 1.00 e. The minimum atomic E-state index is -0.963. The molecule has 5 fully saturated rings. The molecular weight excluding hydrogens is 295 g/mol. The SMILES string of the molecule is [Li+].[O-]C1C2OC3(CCCC3)O[C@H]2O[C@@H]1[C@H]1COC2(CCCC2)O1. The number of hydrogen-bond donors (Lipinski definition) is 0. The van der Waals surface area contributed by atoms with Gasteiger partial charge in [-0.1, -0.05) is 6.10 Å². The molecular formula is C16H23LiO6. The Morgan fingerprint density at radius 1 is 0.783 bits per heavy atom. The standard InChI is InChI=1S/C16H23O6.Li/c17-11-12(10-9-18-15(20-10)5-1-2-6-15)19-14-13(11)21-16(22-14)7-3-4-8-16;/h10-14H,1-9H2;/q-1;+1/t10-,11?,12-,13?,14-;/m1./s1. The van der Waals surface area contributed by atoms with Gasteiger partial charge in [-0.2, -0.15) is 0 Å². The largest absolute Gasteiger partial charge is 1.00 e. The Hall–Kier alpha value is 0.357. The molecule has 2 saturated carbocycles. The summed E-state index contributed by atoms with van der Waals surface area (Å²) in [6, 6.07) is 0. The summed E-state index contributed by atoms with van der Waals surface area (Å²) in [7, 11) is 0. The van der Waals surface area contributed by atoms with Crippen LogP contribution in [-0.2, 0) is 23.7 Å². The molecule has 0 amide bonds.